The molecule has 4 aromatic rings. The Balaban J connectivity index is 1.60. The predicted octanol–water partition coefficient (Wildman–Crippen LogP) is 6.82. The first-order chi connectivity index (χ1) is 25.5. The van der Waals surface area contributed by atoms with E-state index in [2.05, 4.69) is 43.4 Å². The molecule has 0 saturated carbocycles. The largest absolute Gasteiger partial charge is 0.497 e. The number of rotatable bonds is 17. The molecule has 0 aliphatic carbocycles. The first kappa shape index (κ1) is 39.9. The third kappa shape index (κ3) is 9.07. The molecule has 2 heterocycles. The van der Waals surface area contributed by atoms with Crippen LogP contribution in [0.25, 0.3) is 0 Å². The molecule has 0 bridgehead atoms. The fourth-order valence-electron chi connectivity index (χ4n) is 6.62. The Labute approximate surface area is 312 Å². The van der Waals surface area contributed by atoms with Gasteiger partial charge in [-0.15, -0.1) is 0 Å². The molecule has 0 amide bonds. The van der Waals surface area contributed by atoms with Gasteiger partial charge in [0.25, 0.3) is 14.1 Å². The summed E-state index contributed by atoms with van der Waals surface area (Å²) in [4.78, 5) is 27.8. The minimum atomic E-state index is -1.67. The van der Waals surface area contributed by atoms with E-state index in [0.717, 1.165) is 16.7 Å². The summed E-state index contributed by atoms with van der Waals surface area (Å²) in [7, 11) is 1.59. The summed E-state index contributed by atoms with van der Waals surface area (Å²) < 4.78 is 41.6. The number of hydrogen-bond acceptors (Lipinski definition) is 10. The topological polar surface area (TPSA) is 137 Å². The molecule has 4 atom stereocenters. The van der Waals surface area contributed by atoms with Crippen molar-refractivity contribution in [3.05, 3.63) is 128 Å². The van der Waals surface area contributed by atoms with E-state index in [1.807, 2.05) is 78.9 Å². The molecule has 5 rings (SSSR count). The molecule has 1 saturated heterocycles. The van der Waals surface area contributed by atoms with Gasteiger partial charge >= 0.3 is 5.69 Å². The van der Waals surface area contributed by atoms with E-state index in [1.165, 1.54) is 10.8 Å². The molecule has 12 nitrogen and oxygen atoms in total. The van der Waals surface area contributed by atoms with Gasteiger partial charge in [-0.3, -0.25) is 14.3 Å². The number of aromatic nitrogens is 2. The maximum absolute atomic E-state index is 13.1. The lowest BCUT2D eigenvalue weighted by Crippen LogP contribution is -2.39. The van der Waals surface area contributed by atoms with Gasteiger partial charge in [0.05, 0.1) is 46.0 Å². The van der Waals surface area contributed by atoms with Crippen LogP contribution in [-0.2, 0) is 24.1 Å². The summed E-state index contributed by atoms with van der Waals surface area (Å²) in [6, 6.07) is 27.8. The van der Waals surface area contributed by atoms with Crippen LogP contribution < -0.4 is 20.7 Å². The number of aromatic amines is 1. The monoisotopic (exact) mass is 745 g/mol. The van der Waals surface area contributed by atoms with Crippen LogP contribution >= 0.6 is 8.53 Å². The van der Waals surface area contributed by atoms with Crippen LogP contribution in [0, 0.1) is 18.3 Å². The molecule has 1 unspecified atom stereocenters. The van der Waals surface area contributed by atoms with E-state index in [9.17, 15) is 14.9 Å². The molecule has 0 radical (unpaired) electrons. The smallest absolute Gasteiger partial charge is 0.330 e. The Bertz CT molecular complexity index is 1870. The SMILES string of the molecule is COc1ccc(C(OC[C@H]2O[C@@H](n3[13cH]c(C)c(=O)[nH]c3=O)C[C@@H]2OP(OCCC#N)N(C(C)C)C(C)C)(c2ccccc2)c2ccc(OC)cc2)cc1. The van der Waals surface area contributed by atoms with Gasteiger partial charge < -0.3 is 28.0 Å². The summed E-state index contributed by atoms with van der Waals surface area (Å²) in [6.07, 6.45) is -0.0783. The zero-order valence-electron chi connectivity index (χ0n) is 31.4. The van der Waals surface area contributed by atoms with Crippen LogP contribution in [0.2, 0.25) is 0 Å². The maximum atomic E-state index is 13.1. The molecule has 1 N–H and O–H groups in total. The molecule has 1 aliphatic heterocycles. The van der Waals surface area contributed by atoms with Crippen molar-refractivity contribution < 1.29 is 28.0 Å². The minimum Gasteiger partial charge on any atom is -0.497 e. The fraction of sp³-hybridized carbons (Fsp3) is 0.425. The highest BCUT2D eigenvalue weighted by Crippen LogP contribution is 2.50. The number of nitrogens with one attached hydrogen (secondary N) is 1. The van der Waals surface area contributed by atoms with Gasteiger partial charge in [-0.05, 0) is 75.6 Å². The molecular formula is C40H49N4O8P. The Hall–Kier alpha value is -4.34. The molecule has 1 aromatic heterocycles. The normalized spacial score (nSPS) is 18.0. The van der Waals surface area contributed by atoms with Gasteiger partial charge in [-0.25, -0.2) is 9.46 Å². The quantitative estimate of drug-likeness (QED) is 0.0697. The Morgan fingerprint density at radius 3 is 2.02 bits per heavy atom. The number of methoxy groups -OCH3 is 2. The Morgan fingerprint density at radius 2 is 1.49 bits per heavy atom. The number of benzene rings is 3. The molecule has 3 aromatic carbocycles. The number of H-pyrrole nitrogens is 1. The van der Waals surface area contributed by atoms with E-state index in [-0.39, 0.29) is 38.1 Å². The standard InChI is InChI=1S/C40H49N4O8P/c1-27(2)44(28(3)4)53(50-23-11-22-41)52-35-24-37(43-25-29(5)38(45)42-39(43)46)51-36(35)26-49-40(30-12-9-8-10-13-30,31-14-18-33(47-6)19-15-31)32-16-20-34(48-7)21-17-32/h8-10,12-21,25,27-28,35-37H,11,23-24,26H2,1-7H3,(H,42,45,46)/t35-,36+,37+,53?/m0/s1/i25+1. The van der Waals surface area contributed by atoms with Gasteiger partial charge in [0.2, 0.25) is 0 Å². The lowest BCUT2D eigenvalue weighted by Gasteiger charge is -2.39. The second kappa shape index (κ2) is 18.1. The molecule has 53 heavy (non-hydrogen) atoms. The lowest BCUT2D eigenvalue weighted by molar-refractivity contribution is -0.0926. The van der Waals surface area contributed by atoms with Crippen LogP contribution in [0.4, 0.5) is 0 Å². The van der Waals surface area contributed by atoms with Gasteiger partial charge in [0.1, 0.15) is 29.4 Å². The van der Waals surface area contributed by atoms with Gasteiger partial charge in [-0.2, -0.15) is 5.26 Å². The molecule has 1 aliphatic rings. The molecule has 13 heteroatoms. The average Bonchev–Trinajstić information content (AvgIpc) is 3.56. The van der Waals surface area contributed by atoms with Crippen LogP contribution in [0.5, 0.6) is 11.5 Å². The number of aryl methyl sites for hydroxylation is 1. The highest BCUT2D eigenvalue weighted by atomic mass is 31.2. The van der Waals surface area contributed by atoms with Gasteiger partial charge in [0, 0.05) is 30.3 Å². The Morgan fingerprint density at radius 1 is 0.925 bits per heavy atom. The second-order valence-electron chi connectivity index (χ2n) is 13.3. The van der Waals surface area contributed by atoms with E-state index >= 15 is 0 Å². The zero-order chi connectivity index (χ0) is 38.1. The summed E-state index contributed by atoms with van der Waals surface area (Å²) in [6.45, 7) is 10.2. The van der Waals surface area contributed by atoms with Crippen LogP contribution in [0.1, 0.15) is 69.0 Å². The molecule has 282 valence electrons. The van der Waals surface area contributed by atoms with Gasteiger partial charge in [-0.1, -0.05) is 54.6 Å². The number of nitrogens with zero attached hydrogens (tertiary/aromatic N) is 3. The van der Waals surface area contributed by atoms with Crippen molar-refractivity contribution in [1.82, 2.24) is 14.2 Å². The van der Waals surface area contributed by atoms with E-state index in [1.54, 1.807) is 21.1 Å². The van der Waals surface area contributed by atoms with Crippen molar-refractivity contribution in [2.45, 2.75) is 83.6 Å². The zero-order valence-corrected chi connectivity index (χ0v) is 32.2. The number of nitriles is 1. The van der Waals surface area contributed by atoms with E-state index < -0.39 is 43.8 Å². The summed E-state index contributed by atoms with van der Waals surface area (Å²) >= 11 is 0. The summed E-state index contributed by atoms with van der Waals surface area (Å²) in [5, 5.41) is 9.29. The molecule has 0 spiro atoms. The van der Waals surface area contributed by atoms with Crippen LogP contribution in [-0.4, -0.2) is 65.9 Å². The average molecular weight is 746 g/mol. The fourth-order valence-corrected chi connectivity index (χ4v) is 8.38. The van der Waals surface area contributed by atoms with E-state index in [4.69, 9.17) is 28.0 Å². The highest BCUT2D eigenvalue weighted by molar-refractivity contribution is 7.44. The van der Waals surface area contributed by atoms with Crippen LogP contribution in [0.15, 0.2) is 94.6 Å². The summed E-state index contributed by atoms with van der Waals surface area (Å²) in [5.74, 6) is 1.40. The highest BCUT2D eigenvalue weighted by Gasteiger charge is 2.45. The first-order valence-electron chi connectivity index (χ1n) is 17.7. The maximum Gasteiger partial charge on any atom is 0.330 e. The molecular weight excluding hydrogens is 696 g/mol. The van der Waals surface area contributed by atoms with E-state index in [0.29, 0.717) is 17.1 Å². The Kier molecular flexibility index (Phi) is 13.6. The van der Waals surface area contributed by atoms with Crippen molar-refractivity contribution in [3.8, 4) is 17.6 Å². The minimum absolute atomic E-state index is 0.0376. The second-order valence-corrected chi connectivity index (χ2v) is 14.8. The third-order valence-electron chi connectivity index (χ3n) is 9.16. The number of hydrogen-bond donors (Lipinski definition) is 1. The van der Waals surface area contributed by atoms with Crippen molar-refractivity contribution >= 4 is 8.53 Å². The third-order valence-corrected chi connectivity index (χ3v) is 11.3. The van der Waals surface area contributed by atoms with Crippen molar-refractivity contribution in [2.75, 3.05) is 27.4 Å². The lowest BCUT2D eigenvalue weighted by atomic mass is 9.80. The van der Waals surface area contributed by atoms with Gasteiger partial charge in [0.15, 0.2) is 0 Å². The predicted molar refractivity (Wildman–Crippen MR) is 203 cm³/mol. The summed E-state index contributed by atoms with van der Waals surface area (Å²) in [5.41, 5.74) is 0.779. The first-order valence-corrected chi connectivity index (χ1v) is 18.9. The van der Waals surface area contributed by atoms with Crippen molar-refractivity contribution in [3.63, 3.8) is 0 Å². The van der Waals surface area contributed by atoms with Crippen molar-refractivity contribution in [2.24, 2.45) is 0 Å². The van der Waals surface area contributed by atoms with Crippen LogP contribution in [0.3, 0.4) is 0 Å². The number of ether oxygens (including phenoxy) is 4. The molecule has 1 fully saturated rings. The van der Waals surface area contributed by atoms with Crippen molar-refractivity contribution in [1.29, 1.82) is 5.26 Å².